The lowest BCUT2D eigenvalue weighted by Gasteiger charge is -2.35. The van der Waals surface area contributed by atoms with E-state index in [-0.39, 0.29) is 6.61 Å². The molecule has 1 fully saturated rings. The molecule has 0 aliphatic carbocycles. The molecule has 1 aromatic carbocycles. The Hall–Kier alpha value is -3.23. The number of piperazine rings is 1. The lowest BCUT2D eigenvalue weighted by molar-refractivity contribution is 0.188. The predicted molar refractivity (Wildman–Crippen MR) is 121 cm³/mol. The minimum atomic E-state index is 0.202. The van der Waals surface area contributed by atoms with Gasteiger partial charge in [-0.2, -0.15) is 5.10 Å². The molecular formula is C22H27N7O. The number of hydrogen-bond donors (Lipinski definition) is 2. The van der Waals surface area contributed by atoms with Gasteiger partial charge in [-0.15, -0.1) is 0 Å². The van der Waals surface area contributed by atoms with Gasteiger partial charge in [-0.25, -0.2) is 9.67 Å². The summed E-state index contributed by atoms with van der Waals surface area (Å²) >= 11 is 0. The van der Waals surface area contributed by atoms with E-state index < -0.39 is 0 Å². The number of anilines is 1. The smallest absolute Gasteiger partial charge is 0.130 e. The molecule has 4 rings (SSSR count). The van der Waals surface area contributed by atoms with Gasteiger partial charge in [0.05, 0.1) is 24.0 Å². The molecule has 0 unspecified atom stereocenters. The monoisotopic (exact) mass is 405 g/mol. The maximum absolute atomic E-state index is 9.13. The molecule has 0 atom stereocenters. The molecule has 0 amide bonds. The van der Waals surface area contributed by atoms with Gasteiger partial charge in [-0.3, -0.25) is 9.89 Å². The zero-order valence-corrected chi connectivity index (χ0v) is 17.1. The average Bonchev–Trinajstić information content (AvgIpc) is 3.21. The first-order valence-electron chi connectivity index (χ1n) is 10.1. The fourth-order valence-corrected chi connectivity index (χ4v) is 3.81. The zero-order valence-electron chi connectivity index (χ0n) is 17.1. The standard InChI is InChI=1S/C22H27N7O/c1-24-15-19(14-23)17-2-3-18-16-26-29(21(18)12-17)20-4-5-25-22(13-20)28-8-6-27(7-9-28)10-11-30/h2-5,12-16,30H,6-11,23H2,1H3. The Balaban J connectivity index is 1.64. The van der Waals surface area contributed by atoms with Gasteiger partial charge in [0, 0.05) is 75.4 Å². The number of allylic oxidation sites excluding steroid dienone is 1. The maximum Gasteiger partial charge on any atom is 0.130 e. The Kier molecular flexibility index (Phi) is 6.06. The van der Waals surface area contributed by atoms with E-state index in [0.717, 1.165) is 66.3 Å². The van der Waals surface area contributed by atoms with E-state index in [2.05, 4.69) is 37.0 Å². The van der Waals surface area contributed by atoms with Crippen molar-refractivity contribution >= 4 is 28.5 Å². The van der Waals surface area contributed by atoms with Crippen molar-refractivity contribution in [3.05, 3.63) is 54.5 Å². The van der Waals surface area contributed by atoms with Crippen LogP contribution >= 0.6 is 0 Å². The minimum absolute atomic E-state index is 0.202. The number of fused-ring (bicyclic) bond motifs is 1. The fraction of sp³-hybridized carbons (Fsp3) is 0.318. The molecule has 1 aliphatic rings. The minimum Gasteiger partial charge on any atom is -0.404 e. The van der Waals surface area contributed by atoms with E-state index >= 15 is 0 Å². The summed E-state index contributed by atoms with van der Waals surface area (Å²) in [7, 11) is 1.73. The highest BCUT2D eigenvalue weighted by atomic mass is 16.3. The molecule has 2 aromatic heterocycles. The van der Waals surface area contributed by atoms with Crippen LogP contribution in [0, 0.1) is 0 Å². The lowest BCUT2D eigenvalue weighted by Crippen LogP contribution is -2.47. The number of aromatic nitrogens is 3. The number of pyridine rings is 1. The van der Waals surface area contributed by atoms with Gasteiger partial charge in [-0.05, 0) is 17.7 Å². The Bertz CT molecular complexity index is 1060. The van der Waals surface area contributed by atoms with Crippen LogP contribution in [0.2, 0.25) is 0 Å². The predicted octanol–water partition coefficient (Wildman–Crippen LogP) is 1.53. The topological polar surface area (TPSA) is 95.8 Å². The zero-order chi connectivity index (χ0) is 20.9. The third kappa shape index (κ3) is 4.05. The van der Waals surface area contributed by atoms with Crippen LogP contribution < -0.4 is 10.6 Å². The van der Waals surface area contributed by atoms with Gasteiger partial charge < -0.3 is 15.7 Å². The summed E-state index contributed by atoms with van der Waals surface area (Å²) in [4.78, 5) is 13.2. The highest BCUT2D eigenvalue weighted by molar-refractivity contribution is 6.10. The number of nitrogens with two attached hydrogens (primary N) is 1. The summed E-state index contributed by atoms with van der Waals surface area (Å²) in [6, 6.07) is 10.2. The molecule has 1 saturated heterocycles. The van der Waals surface area contributed by atoms with Crippen molar-refractivity contribution in [3.63, 3.8) is 0 Å². The largest absolute Gasteiger partial charge is 0.404 e. The number of benzene rings is 1. The quantitative estimate of drug-likeness (QED) is 0.604. The van der Waals surface area contributed by atoms with Gasteiger partial charge in [0.1, 0.15) is 5.82 Å². The van der Waals surface area contributed by atoms with E-state index in [4.69, 9.17) is 10.8 Å². The third-order valence-electron chi connectivity index (χ3n) is 5.44. The SMILES string of the molecule is CN=CC(=CN)c1ccc2cnn(-c3ccnc(N4CCN(CCO)CC4)c3)c2c1. The van der Waals surface area contributed by atoms with E-state index in [9.17, 15) is 0 Å². The first-order chi connectivity index (χ1) is 14.7. The summed E-state index contributed by atoms with van der Waals surface area (Å²) in [5.74, 6) is 0.941. The number of hydrogen-bond acceptors (Lipinski definition) is 7. The average molecular weight is 406 g/mol. The van der Waals surface area contributed by atoms with E-state index in [1.54, 1.807) is 19.5 Å². The molecular weight excluding hydrogens is 378 g/mol. The van der Waals surface area contributed by atoms with Gasteiger partial charge in [0.2, 0.25) is 0 Å². The maximum atomic E-state index is 9.13. The third-order valence-corrected chi connectivity index (χ3v) is 5.44. The number of rotatable bonds is 6. The Morgan fingerprint density at radius 2 is 2.03 bits per heavy atom. The molecule has 0 radical (unpaired) electrons. The van der Waals surface area contributed by atoms with Gasteiger partial charge >= 0.3 is 0 Å². The second-order valence-corrected chi connectivity index (χ2v) is 7.26. The Morgan fingerprint density at radius 1 is 1.20 bits per heavy atom. The number of aliphatic hydroxyl groups is 1. The van der Waals surface area contributed by atoms with Crippen molar-refractivity contribution in [2.75, 3.05) is 51.3 Å². The van der Waals surface area contributed by atoms with Crippen LogP contribution in [0.4, 0.5) is 5.82 Å². The lowest BCUT2D eigenvalue weighted by atomic mass is 10.1. The molecule has 156 valence electrons. The summed E-state index contributed by atoms with van der Waals surface area (Å²) in [5.41, 5.74) is 9.61. The number of β-amino-alcohol motifs (C(OH)–C–C–N with tert-alkyl or cyclic N) is 1. The molecule has 8 heteroatoms. The van der Waals surface area contributed by atoms with Crippen molar-refractivity contribution in [2.45, 2.75) is 0 Å². The highest BCUT2D eigenvalue weighted by Gasteiger charge is 2.18. The van der Waals surface area contributed by atoms with Gasteiger partial charge in [-0.1, -0.05) is 12.1 Å². The van der Waals surface area contributed by atoms with Crippen LogP contribution in [-0.2, 0) is 0 Å². The van der Waals surface area contributed by atoms with E-state index in [1.165, 1.54) is 0 Å². The van der Waals surface area contributed by atoms with Gasteiger partial charge in [0.25, 0.3) is 0 Å². The van der Waals surface area contributed by atoms with Crippen LogP contribution in [0.3, 0.4) is 0 Å². The molecule has 3 heterocycles. The van der Waals surface area contributed by atoms with E-state index in [1.807, 2.05) is 35.3 Å². The van der Waals surface area contributed by atoms with Crippen LogP contribution in [0.5, 0.6) is 0 Å². The molecule has 30 heavy (non-hydrogen) atoms. The van der Waals surface area contributed by atoms with Crippen LogP contribution in [0.1, 0.15) is 5.56 Å². The summed E-state index contributed by atoms with van der Waals surface area (Å²) in [5, 5.41) is 14.8. The van der Waals surface area contributed by atoms with E-state index in [0.29, 0.717) is 0 Å². The summed E-state index contributed by atoms with van der Waals surface area (Å²) in [6.07, 6.45) is 7.02. The number of aliphatic hydroxyl groups excluding tert-OH is 1. The molecule has 0 spiro atoms. The molecule has 0 bridgehead atoms. The first kappa shape index (κ1) is 20.1. The molecule has 3 aromatic rings. The number of aliphatic imine (C=N–C) groups is 1. The molecule has 1 aliphatic heterocycles. The second-order valence-electron chi connectivity index (χ2n) is 7.26. The molecule has 8 nitrogen and oxygen atoms in total. The summed E-state index contributed by atoms with van der Waals surface area (Å²) < 4.78 is 1.93. The van der Waals surface area contributed by atoms with Gasteiger partial charge in [0.15, 0.2) is 0 Å². The number of nitrogens with zero attached hydrogens (tertiary/aromatic N) is 6. The van der Waals surface area contributed by atoms with Crippen molar-refractivity contribution in [1.29, 1.82) is 0 Å². The first-order valence-corrected chi connectivity index (χ1v) is 10.1. The molecule has 3 N–H and O–H groups in total. The molecule has 0 saturated carbocycles. The van der Waals surface area contributed by atoms with Crippen LogP contribution in [-0.4, -0.2) is 77.4 Å². The highest BCUT2D eigenvalue weighted by Crippen LogP contribution is 2.24. The Morgan fingerprint density at radius 3 is 2.77 bits per heavy atom. The fourth-order valence-electron chi connectivity index (χ4n) is 3.81. The van der Waals surface area contributed by atoms with Crippen molar-refractivity contribution < 1.29 is 5.11 Å². The van der Waals surface area contributed by atoms with Crippen LogP contribution in [0.25, 0.3) is 22.2 Å². The van der Waals surface area contributed by atoms with Crippen molar-refractivity contribution in [1.82, 2.24) is 19.7 Å². The summed E-state index contributed by atoms with van der Waals surface area (Å²) in [6.45, 7) is 4.56. The second kappa shape index (κ2) is 9.06. The Labute approximate surface area is 176 Å². The normalized spacial score (nSPS) is 16.1. The van der Waals surface area contributed by atoms with Crippen molar-refractivity contribution in [2.24, 2.45) is 10.7 Å². The van der Waals surface area contributed by atoms with Crippen LogP contribution in [0.15, 0.2) is 53.9 Å². The van der Waals surface area contributed by atoms with Crippen molar-refractivity contribution in [3.8, 4) is 5.69 Å².